The van der Waals surface area contributed by atoms with Crippen molar-refractivity contribution in [3.05, 3.63) is 82.1 Å². The molecule has 8 heteroatoms. The fraction of sp³-hybridized carbons (Fsp3) is 0.429. The molecule has 0 unspecified atom stereocenters. The van der Waals surface area contributed by atoms with Crippen LogP contribution in [0.4, 0.5) is 10.5 Å². The van der Waals surface area contributed by atoms with Crippen LogP contribution in [0, 0.1) is 5.41 Å². The van der Waals surface area contributed by atoms with Crippen molar-refractivity contribution in [3.63, 3.8) is 0 Å². The molecule has 228 valence electrons. The zero-order valence-corrected chi connectivity index (χ0v) is 27.5. The Bertz CT molecular complexity index is 1570. The van der Waals surface area contributed by atoms with Gasteiger partial charge in [-0.25, -0.2) is 4.79 Å². The molecule has 0 atom stereocenters. The third kappa shape index (κ3) is 6.75. The molecule has 1 amide bonds. The van der Waals surface area contributed by atoms with E-state index in [9.17, 15) is 9.90 Å². The highest BCUT2D eigenvalue weighted by Gasteiger charge is 2.29. The van der Waals surface area contributed by atoms with Crippen molar-refractivity contribution in [1.82, 2.24) is 14.5 Å². The van der Waals surface area contributed by atoms with E-state index in [2.05, 4.69) is 84.3 Å². The van der Waals surface area contributed by atoms with Gasteiger partial charge >= 0.3 is 6.09 Å². The van der Waals surface area contributed by atoms with Gasteiger partial charge in [0.2, 0.25) is 0 Å². The predicted molar refractivity (Wildman–Crippen MR) is 178 cm³/mol. The summed E-state index contributed by atoms with van der Waals surface area (Å²) >= 11 is 3.70. The first-order valence-electron chi connectivity index (χ1n) is 15.2. The van der Waals surface area contributed by atoms with Crippen LogP contribution in [0.2, 0.25) is 0 Å². The van der Waals surface area contributed by atoms with Crippen molar-refractivity contribution in [2.45, 2.75) is 60.1 Å². The van der Waals surface area contributed by atoms with Gasteiger partial charge in [-0.15, -0.1) is 0 Å². The van der Waals surface area contributed by atoms with Crippen LogP contribution in [0.25, 0.3) is 22.2 Å². The predicted octanol–water partition coefficient (Wildman–Crippen LogP) is 7.63. The fourth-order valence-electron chi connectivity index (χ4n) is 5.99. The third-order valence-corrected chi connectivity index (χ3v) is 8.84. The molecule has 5 rings (SSSR count). The normalized spacial score (nSPS) is 14.1. The third-order valence-electron chi connectivity index (χ3n) is 8.34. The lowest BCUT2D eigenvalue weighted by Crippen LogP contribution is -2.49. The van der Waals surface area contributed by atoms with E-state index < -0.39 is 0 Å². The molecule has 0 radical (unpaired) electrons. The summed E-state index contributed by atoms with van der Waals surface area (Å²) in [5.41, 5.74) is 7.56. The Hall–Kier alpha value is -3.36. The second-order valence-electron chi connectivity index (χ2n) is 12.5. The number of piperazine rings is 1. The lowest BCUT2D eigenvalue weighted by atomic mass is 9.84. The number of halogens is 1. The number of carbonyl (C=O) groups is 1. The fourth-order valence-corrected chi connectivity index (χ4v) is 6.35. The van der Waals surface area contributed by atoms with Crippen LogP contribution >= 0.6 is 15.9 Å². The Balaban J connectivity index is 1.47. The quantitative estimate of drug-likeness (QED) is 0.202. The number of anilines is 1. The van der Waals surface area contributed by atoms with Gasteiger partial charge in [0.1, 0.15) is 6.61 Å². The van der Waals surface area contributed by atoms with E-state index in [1.165, 1.54) is 22.2 Å². The van der Waals surface area contributed by atoms with Gasteiger partial charge in [0.25, 0.3) is 0 Å². The van der Waals surface area contributed by atoms with Crippen LogP contribution in [0.15, 0.2) is 65.3 Å². The van der Waals surface area contributed by atoms with Gasteiger partial charge in [-0.3, -0.25) is 4.98 Å². The standard InChI is InChI=1S/C35H43BrN4O3/c1-6-40-31-13-12-26(36)18-28(31)30(20-35(4,5)23-41)33(40)29-19-27(21-37-32(29)24(2)3)38-14-16-39(17-15-38)34(42)43-22-25-10-8-7-9-11-25/h7-13,18-19,21,24,41H,6,14-17,20,22-23H2,1-5H3. The molecule has 43 heavy (non-hydrogen) atoms. The number of carbonyl (C=O) groups excluding carboxylic acids is 1. The van der Waals surface area contributed by atoms with E-state index in [1.54, 1.807) is 4.90 Å². The Kier molecular flexibility index (Phi) is 9.47. The summed E-state index contributed by atoms with van der Waals surface area (Å²) in [4.78, 5) is 21.9. The highest BCUT2D eigenvalue weighted by molar-refractivity contribution is 9.10. The molecule has 1 fully saturated rings. The van der Waals surface area contributed by atoms with Gasteiger partial charge in [0, 0.05) is 60.3 Å². The van der Waals surface area contributed by atoms with E-state index in [0.717, 1.165) is 39.9 Å². The first-order valence-corrected chi connectivity index (χ1v) is 16.0. The number of amides is 1. The van der Waals surface area contributed by atoms with E-state index in [0.29, 0.717) is 26.2 Å². The Morgan fingerprint density at radius 2 is 1.79 bits per heavy atom. The Morgan fingerprint density at radius 3 is 2.44 bits per heavy atom. The van der Waals surface area contributed by atoms with E-state index in [4.69, 9.17) is 9.72 Å². The summed E-state index contributed by atoms with van der Waals surface area (Å²) in [6, 6.07) is 18.6. The second-order valence-corrected chi connectivity index (χ2v) is 13.4. The van der Waals surface area contributed by atoms with E-state index in [1.807, 2.05) is 36.5 Å². The van der Waals surface area contributed by atoms with Gasteiger partial charge in [0.15, 0.2) is 0 Å². The van der Waals surface area contributed by atoms with Crippen LogP contribution in [-0.4, -0.2) is 58.4 Å². The first kappa shape index (κ1) is 31.1. The molecule has 7 nitrogen and oxygen atoms in total. The molecule has 2 aromatic carbocycles. The molecule has 0 bridgehead atoms. The van der Waals surface area contributed by atoms with Gasteiger partial charge in [-0.05, 0) is 60.1 Å². The molecule has 1 aliphatic heterocycles. The summed E-state index contributed by atoms with van der Waals surface area (Å²) in [7, 11) is 0. The van der Waals surface area contributed by atoms with Crippen molar-refractivity contribution in [2.24, 2.45) is 5.41 Å². The number of ether oxygens (including phenoxy) is 1. The monoisotopic (exact) mass is 646 g/mol. The van der Waals surface area contributed by atoms with Crippen LogP contribution in [0.1, 0.15) is 57.4 Å². The molecule has 3 heterocycles. The number of rotatable bonds is 9. The van der Waals surface area contributed by atoms with E-state index >= 15 is 0 Å². The lowest BCUT2D eigenvalue weighted by Gasteiger charge is -2.35. The molecule has 2 aromatic heterocycles. The number of nitrogens with zero attached hydrogens (tertiary/aromatic N) is 4. The lowest BCUT2D eigenvalue weighted by molar-refractivity contribution is 0.0942. The Labute approximate surface area is 263 Å². The van der Waals surface area contributed by atoms with Crippen LogP contribution in [0.5, 0.6) is 0 Å². The van der Waals surface area contributed by atoms with Crippen LogP contribution in [0.3, 0.4) is 0 Å². The summed E-state index contributed by atoms with van der Waals surface area (Å²) in [6.45, 7) is 14.6. The maximum atomic E-state index is 12.8. The number of hydrogen-bond donors (Lipinski definition) is 1. The SMILES string of the molecule is CCn1c(-c2cc(N3CCN(C(=O)OCc4ccccc4)CC3)cnc2C(C)C)c(CC(C)(C)CO)c2cc(Br)ccc21. The average molecular weight is 648 g/mol. The number of aryl methyl sites for hydroxylation is 1. The van der Waals surface area contributed by atoms with Crippen LogP contribution < -0.4 is 4.90 Å². The van der Waals surface area contributed by atoms with Gasteiger partial charge < -0.3 is 24.2 Å². The van der Waals surface area contributed by atoms with Gasteiger partial charge in [0.05, 0.1) is 23.3 Å². The molecule has 1 N–H and O–H groups in total. The zero-order valence-electron chi connectivity index (χ0n) is 25.9. The highest BCUT2D eigenvalue weighted by Crippen LogP contribution is 2.42. The summed E-state index contributed by atoms with van der Waals surface area (Å²) in [5, 5.41) is 11.4. The van der Waals surface area contributed by atoms with Crippen molar-refractivity contribution < 1.29 is 14.6 Å². The van der Waals surface area contributed by atoms with Crippen molar-refractivity contribution in [1.29, 1.82) is 0 Å². The molecule has 1 saturated heterocycles. The molecular formula is C35H43BrN4O3. The molecular weight excluding hydrogens is 604 g/mol. The minimum absolute atomic E-state index is 0.104. The molecule has 4 aromatic rings. The number of aromatic nitrogens is 2. The topological polar surface area (TPSA) is 70.8 Å². The summed E-state index contributed by atoms with van der Waals surface area (Å²) < 4.78 is 9.03. The average Bonchev–Trinajstić information content (AvgIpc) is 3.31. The molecule has 0 saturated carbocycles. The van der Waals surface area contributed by atoms with E-state index in [-0.39, 0.29) is 30.6 Å². The second kappa shape index (κ2) is 13.1. The molecule has 1 aliphatic rings. The highest BCUT2D eigenvalue weighted by atomic mass is 79.9. The minimum Gasteiger partial charge on any atom is -0.445 e. The number of aliphatic hydroxyl groups is 1. The largest absolute Gasteiger partial charge is 0.445 e. The number of hydrogen-bond acceptors (Lipinski definition) is 5. The van der Waals surface area contributed by atoms with Crippen molar-refractivity contribution in [2.75, 3.05) is 37.7 Å². The van der Waals surface area contributed by atoms with Crippen molar-refractivity contribution >= 4 is 38.6 Å². The van der Waals surface area contributed by atoms with Gasteiger partial charge in [-0.2, -0.15) is 0 Å². The maximum Gasteiger partial charge on any atom is 0.410 e. The van der Waals surface area contributed by atoms with Crippen molar-refractivity contribution in [3.8, 4) is 11.3 Å². The smallest absolute Gasteiger partial charge is 0.410 e. The number of fused-ring (bicyclic) bond motifs is 1. The zero-order chi connectivity index (χ0) is 30.7. The number of pyridine rings is 1. The summed E-state index contributed by atoms with van der Waals surface area (Å²) in [5.74, 6) is 0.231. The number of benzene rings is 2. The van der Waals surface area contributed by atoms with Crippen LogP contribution in [-0.2, 0) is 24.3 Å². The van der Waals surface area contributed by atoms with Gasteiger partial charge in [-0.1, -0.05) is 74.0 Å². The molecule has 0 aliphatic carbocycles. The Morgan fingerprint density at radius 1 is 1.07 bits per heavy atom. The molecule has 0 spiro atoms. The first-order chi connectivity index (χ1) is 20.6. The summed E-state index contributed by atoms with van der Waals surface area (Å²) in [6.07, 6.45) is 2.45. The maximum absolute atomic E-state index is 12.8. The minimum atomic E-state index is -0.279. The number of aliphatic hydroxyl groups excluding tert-OH is 1.